The highest BCUT2D eigenvalue weighted by Crippen LogP contribution is 2.33. The molecule has 0 fully saturated rings. The van der Waals surface area contributed by atoms with E-state index in [0.29, 0.717) is 22.1 Å². The molecule has 2 aromatic rings. The number of ether oxygens (including phenoxy) is 1. The number of hydrogen-bond donors (Lipinski definition) is 1. The Balaban J connectivity index is 2.51. The number of benzene rings is 1. The van der Waals surface area contributed by atoms with Gasteiger partial charge in [-0.05, 0) is 30.3 Å². The summed E-state index contributed by atoms with van der Waals surface area (Å²) in [6.07, 6.45) is 0. The minimum atomic E-state index is -0.614. The molecule has 0 bridgehead atoms. The minimum absolute atomic E-state index is 0.0991. The topological polar surface area (TPSA) is 65.5 Å². The highest BCUT2D eigenvalue weighted by Gasteiger charge is 2.13. The number of carbonyl (C=O) groups is 1. The summed E-state index contributed by atoms with van der Waals surface area (Å²) in [5.41, 5.74) is 5.79. The number of amides is 1. The second-order valence-electron chi connectivity index (χ2n) is 3.37. The Morgan fingerprint density at radius 2 is 2.12 bits per heavy atom. The average molecular weight is 252 g/mol. The van der Waals surface area contributed by atoms with E-state index in [9.17, 15) is 4.79 Å². The Kier molecular flexibility index (Phi) is 3.06. The molecule has 1 aromatic heterocycles. The first kappa shape index (κ1) is 11.5. The molecule has 0 spiro atoms. The van der Waals surface area contributed by atoms with Crippen LogP contribution in [0.4, 0.5) is 0 Å². The number of methoxy groups -OCH3 is 1. The van der Waals surface area contributed by atoms with E-state index in [4.69, 9.17) is 26.5 Å². The van der Waals surface area contributed by atoms with Crippen LogP contribution < -0.4 is 10.5 Å². The Morgan fingerprint density at radius 1 is 1.35 bits per heavy atom. The Labute approximate surface area is 103 Å². The van der Waals surface area contributed by atoms with Crippen LogP contribution >= 0.6 is 11.6 Å². The lowest BCUT2D eigenvalue weighted by atomic mass is 10.1. The Bertz CT molecular complexity index is 563. The molecule has 0 saturated heterocycles. The molecule has 88 valence electrons. The molecule has 0 aliphatic rings. The van der Waals surface area contributed by atoms with E-state index in [1.807, 2.05) is 0 Å². The molecule has 5 heteroatoms. The van der Waals surface area contributed by atoms with Crippen LogP contribution in [0.5, 0.6) is 5.75 Å². The number of rotatable bonds is 3. The predicted octanol–water partition coefficient (Wildman–Crippen LogP) is 2.71. The molecule has 1 heterocycles. The van der Waals surface area contributed by atoms with Crippen molar-refractivity contribution in [1.29, 1.82) is 0 Å². The van der Waals surface area contributed by atoms with Gasteiger partial charge in [0.15, 0.2) is 5.76 Å². The zero-order valence-electron chi connectivity index (χ0n) is 9.07. The molecule has 0 aliphatic heterocycles. The van der Waals surface area contributed by atoms with Crippen molar-refractivity contribution in [3.63, 3.8) is 0 Å². The molecule has 0 radical (unpaired) electrons. The summed E-state index contributed by atoms with van der Waals surface area (Å²) in [6.45, 7) is 0. The van der Waals surface area contributed by atoms with Crippen LogP contribution in [0.3, 0.4) is 0 Å². The first-order valence-electron chi connectivity index (χ1n) is 4.85. The smallest absolute Gasteiger partial charge is 0.284 e. The summed E-state index contributed by atoms with van der Waals surface area (Å²) in [5.74, 6) is 0.581. The van der Waals surface area contributed by atoms with E-state index < -0.39 is 5.91 Å². The maximum absolute atomic E-state index is 10.9. The summed E-state index contributed by atoms with van der Waals surface area (Å²) in [6, 6.07) is 8.29. The summed E-state index contributed by atoms with van der Waals surface area (Å²) >= 11 is 5.90. The molecular weight excluding hydrogens is 242 g/mol. The highest BCUT2D eigenvalue weighted by atomic mass is 35.5. The van der Waals surface area contributed by atoms with Crippen LogP contribution in [-0.2, 0) is 0 Å². The van der Waals surface area contributed by atoms with Crippen LogP contribution in [-0.4, -0.2) is 13.0 Å². The minimum Gasteiger partial charge on any atom is -0.496 e. The third-order valence-corrected chi connectivity index (χ3v) is 2.51. The molecule has 2 rings (SSSR count). The monoisotopic (exact) mass is 251 g/mol. The molecule has 1 amide bonds. The quantitative estimate of drug-likeness (QED) is 0.912. The number of nitrogens with two attached hydrogens (primary N) is 1. The lowest BCUT2D eigenvalue weighted by molar-refractivity contribution is 0.0974. The van der Waals surface area contributed by atoms with Crippen molar-refractivity contribution >= 4 is 17.5 Å². The lowest BCUT2D eigenvalue weighted by Gasteiger charge is -2.06. The Hall–Kier alpha value is -1.94. The summed E-state index contributed by atoms with van der Waals surface area (Å²) in [5, 5.41) is 0.554. The number of furan rings is 1. The second kappa shape index (κ2) is 4.51. The van der Waals surface area contributed by atoms with Crippen molar-refractivity contribution in [3.05, 3.63) is 41.1 Å². The lowest BCUT2D eigenvalue weighted by Crippen LogP contribution is -2.09. The molecular formula is C12H10ClNO3. The van der Waals surface area contributed by atoms with E-state index >= 15 is 0 Å². The maximum atomic E-state index is 10.9. The zero-order valence-corrected chi connectivity index (χ0v) is 9.82. The standard InChI is InChI=1S/C12H10ClNO3/c1-16-9-3-2-7(13)6-8(9)10-4-5-11(17-10)12(14)15/h2-6H,1H3,(H2,14,15). The number of primary amides is 1. The molecule has 1 aromatic carbocycles. The van der Waals surface area contributed by atoms with Crippen LogP contribution in [0.2, 0.25) is 5.02 Å². The van der Waals surface area contributed by atoms with E-state index in [2.05, 4.69) is 0 Å². The fourth-order valence-electron chi connectivity index (χ4n) is 1.49. The number of halogens is 1. The van der Waals surface area contributed by atoms with Gasteiger partial charge in [-0.3, -0.25) is 4.79 Å². The van der Waals surface area contributed by atoms with Gasteiger partial charge in [0.25, 0.3) is 5.91 Å². The van der Waals surface area contributed by atoms with Gasteiger partial charge in [-0.25, -0.2) is 0 Å². The van der Waals surface area contributed by atoms with Crippen molar-refractivity contribution in [3.8, 4) is 17.1 Å². The molecule has 0 saturated carbocycles. The summed E-state index contributed by atoms with van der Waals surface area (Å²) in [7, 11) is 1.55. The van der Waals surface area contributed by atoms with Crippen molar-refractivity contribution in [2.75, 3.05) is 7.11 Å². The summed E-state index contributed by atoms with van der Waals surface area (Å²) < 4.78 is 10.5. The van der Waals surface area contributed by atoms with Gasteiger partial charge in [0.1, 0.15) is 11.5 Å². The normalized spacial score (nSPS) is 10.2. The van der Waals surface area contributed by atoms with Crippen LogP contribution in [0, 0.1) is 0 Å². The second-order valence-corrected chi connectivity index (χ2v) is 3.81. The van der Waals surface area contributed by atoms with E-state index in [0.717, 1.165) is 0 Å². The van der Waals surface area contributed by atoms with Gasteiger partial charge in [-0.2, -0.15) is 0 Å². The fraction of sp³-hybridized carbons (Fsp3) is 0.0833. The van der Waals surface area contributed by atoms with Gasteiger partial charge >= 0.3 is 0 Å². The third kappa shape index (κ3) is 2.26. The number of carbonyl (C=O) groups excluding carboxylic acids is 1. The molecule has 2 N–H and O–H groups in total. The molecule has 0 aliphatic carbocycles. The molecule has 4 nitrogen and oxygen atoms in total. The third-order valence-electron chi connectivity index (χ3n) is 2.28. The SMILES string of the molecule is COc1ccc(Cl)cc1-c1ccc(C(N)=O)o1. The van der Waals surface area contributed by atoms with E-state index in [-0.39, 0.29) is 5.76 Å². The first-order valence-corrected chi connectivity index (χ1v) is 5.23. The van der Waals surface area contributed by atoms with Crippen molar-refractivity contribution in [1.82, 2.24) is 0 Å². The largest absolute Gasteiger partial charge is 0.496 e. The fourth-order valence-corrected chi connectivity index (χ4v) is 1.66. The van der Waals surface area contributed by atoms with Crippen LogP contribution in [0.25, 0.3) is 11.3 Å². The van der Waals surface area contributed by atoms with Crippen molar-refractivity contribution in [2.24, 2.45) is 5.73 Å². The summed E-state index contributed by atoms with van der Waals surface area (Å²) in [4.78, 5) is 10.9. The van der Waals surface area contributed by atoms with Crippen LogP contribution in [0.15, 0.2) is 34.7 Å². The molecule has 0 unspecified atom stereocenters. The highest BCUT2D eigenvalue weighted by molar-refractivity contribution is 6.30. The van der Waals surface area contributed by atoms with Gasteiger partial charge in [0, 0.05) is 5.02 Å². The molecule has 17 heavy (non-hydrogen) atoms. The number of hydrogen-bond acceptors (Lipinski definition) is 3. The van der Waals surface area contributed by atoms with E-state index in [1.165, 1.54) is 6.07 Å². The maximum Gasteiger partial charge on any atom is 0.284 e. The van der Waals surface area contributed by atoms with E-state index in [1.54, 1.807) is 31.4 Å². The van der Waals surface area contributed by atoms with Gasteiger partial charge < -0.3 is 14.9 Å². The van der Waals surface area contributed by atoms with Crippen molar-refractivity contribution < 1.29 is 13.9 Å². The zero-order chi connectivity index (χ0) is 12.4. The first-order chi connectivity index (χ1) is 8.11. The van der Waals surface area contributed by atoms with Crippen LogP contribution in [0.1, 0.15) is 10.6 Å². The van der Waals surface area contributed by atoms with Gasteiger partial charge in [-0.15, -0.1) is 0 Å². The average Bonchev–Trinajstić information content (AvgIpc) is 2.78. The Morgan fingerprint density at radius 3 is 2.71 bits per heavy atom. The van der Waals surface area contributed by atoms with Gasteiger partial charge in [0.05, 0.1) is 12.7 Å². The van der Waals surface area contributed by atoms with Gasteiger partial charge in [0.2, 0.25) is 0 Å². The van der Waals surface area contributed by atoms with Crippen molar-refractivity contribution in [2.45, 2.75) is 0 Å². The molecule has 0 atom stereocenters. The predicted molar refractivity (Wildman–Crippen MR) is 64.2 cm³/mol. The van der Waals surface area contributed by atoms with Gasteiger partial charge in [-0.1, -0.05) is 11.6 Å².